The van der Waals surface area contributed by atoms with Crippen LogP contribution in [0, 0.1) is 19.7 Å². The van der Waals surface area contributed by atoms with E-state index in [2.05, 4.69) is 10.9 Å². The van der Waals surface area contributed by atoms with Gasteiger partial charge in [-0.3, -0.25) is 20.4 Å². The highest BCUT2D eigenvalue weighted by atomic mass is 35.5. The highest BCUT2D eigenvalue weighted by molar-refractivity contribution is 6.30. The van der Waals surface area contributed by atoms with Crippen molar-refractivity contribution in [1.82, 2.24) is 10.9 Å². The van der Waals surface area contributed by atoms with E-state index in [1.807, 2.05) is 0 Å². The molecule has 2 aromatic rings. The number of rotatable bonds is 2. The van der Waals surface area contributed by atoms with Crippen molar-refractivity contribution in [3.8, 4) is 0 Å². The average Bonchev–Trinajstić information content (AvgIpc) is 2.74. The average molecular weight is 311 g/mol. The summed E-state index contributed by atoms with van der Waals surface area (Å²) in [7, 11) is 0. The molecule has 2 rings (SSSR count). The SMILES string of the molecule is Cc1cc(C(=O)NNC(=O)c2ccc(Cl)cc2F)c(C)o1. The summed E-state index contributed by atoms with van der Waals surface area (Å²) in [5.41, 5.74) is 4.40. The monoisotopic (exact) mass is 310 g/mol. The van der Waals surface area contributed by atoms with E-state index >= 15 is 0 Å². The lowest BCUT2D eigenvalue weighted by Crippen LogP contribution is -2.42. The van der Waals surface area contributed by atoms with E-state index in [1.165, 1.54) is 12.1 Å². The smallest absolute Gasteiger partial charge is 0.273 e. The van der Waals surface area contributed by atoms with E-state index in [0.29, 0.717) is 17.1 Å². The molecule has 7 heteroatoms. The maximum absolute atomic E-state index is 13.5. The first-order valence-electron chi connectivity index (χ1n) is 6.01. The molecule has 0 aliphatic carbocycles. The van der Waals surface area contributed by atoms with Crippen molar-refractivity contribution in [2.45, 2.75) is 13.8 Å². The van der Waals surface area contributed by atoms with Gasteiger partial charge in [0, 0.05) is 5.02 Å². The van der Waals surface area contributed by atoms with Crippen LogP contribution in [0.25, 0.3) is 0 Å². The number of aryl methyl sites for hydroxylation is 2. The number of hydrogen-bond acceptors (Lipinski definition) is 3. The number of benzene rings is 1. The summed E-state index contributed by atoms with van der Waals surface area (Å²) in [5.74, 6) is -1.10. The molecule has 21 heavy (non-hydrogen) atoms. The van der Waals surface area contributed by atoms with E-state index in [0.717, 1.165) is 6.07 Å². The summed E-state index contributed by atoms with van der Waals surface area (Å²) in [5, 5.41) is 0.178. The molecule has 2 amide bonds. The Labute approximate surface area is 125 Å². The topological polar surface area (TPSA) is 71.3 Å². The number of furan rings is 1. The van der Waals surface area contributed by atoms with Crippen molar-refractivity contribution < 1.29 is 18.4 Å². The summed E-state index contributed by atoms with van der Waals surface area (Å²) in [6.07, 6.45) is 0. The fraction of sp³-hybridized carbons (Fsp3) is 0.143. The molecule has 0 unspecified atom stereocenters. The van der Waals surface area contributed by atoms with Gasteiger partial charge in [-0.25, -0.2) is 4.39 Å². The molecule has 1 heterocycles. The van der Waals surface area contributed by atoms with E-state index in [4.69, 9.17) is 16.0 Å². The van der Waals surface area contributed by atoms with Crippen molar-refractivity contribution in [2.75, 3.05) is 0 Å². The molecule has 1 aromatic carbocycles. The van der Waals surface area contributed by atoms with Gasteiger partial charge in [0.15, 0.2) is 0 Å². The molecule has 0 saturated heterocycles. The van der Waals surface area contributed by atoms with Gasteiger partial charge in [0.25, 0.3) is 11.8 Å². The lowest BCUT2D eigenvalue weighted by Gasteiger charge is -2.07. The van der Waals surface area contributed by atoms with Crippen LogP contribution in [0.1, 0.15) is 32.2 Å². The number of nitrogens with one attached hydrogen (secondary N) is 2. The number of carbonyl (C=O) groups is 2. The van der Waals surface area contributed by atoms with Crippen molar-refractivity contribution >= 4 is 23.4 Å². The molecule has 5 nitrogen and oxygen atoms in total. The number of hydrazine groups is 1. The number of amides is 2. The molecule has 0 aliphatic rings. The van der Waals surface area contributed by atoms with Gasteiger partial charge in [-0.05, 0) is 38.1 Å². The lowest BCUT2D eigenvalue weighted by atomic mass is 10.2. The second kappa shape index (κ2) is 5.97. The van der Waals surface area contributed by atoms with Crippen molar-refractivity contribution in [3.05, 3.63) is 57.8 Å². The highest BCUT2D eigenvalue weighted by Gasteiger charge is 2.16. The quantitative estimate of drug-likeness (QED) is 0.838. The summed E-state index contributed by atoms with van der Waals surface area (Å²) < 4.78 is 18.8. The third kappa shape index (κ3) is 3.41. The Kier molecular flexibility index (Phi) is 4.28. The summed E-state index contributed by atoms with van der Waals surface area (Å²) in [4.78, 5) is 23.6. The van der Waals surface area contributed by atoms with E-state index < -0.39 is 17.6 Å². The third-order valence-electron chi connectivity index (χ3n) is 2.75. The van der Waals surface area contributed by atoms with E-state index in [9.17, 15) is 14.0 Å². The van der Waals surface area contributed by atoms with Crippen LogP contribution < -0.4 is 10.9 Å². The Hall–Kier alpha value is -2.34. The van der Waals surface area contributed by atoms with Crippen LogP contribution in [0.2, 0.25) is 5.02 Å². The highest BCUT2D eigenvalue weighted by Crippen LogP contribution is 2.15. The molecule has 0 fully saturated rings. The summed E-state index contributed by atoms with van der Waals surface area (Å²) in [6, 6.07) is 5.17. The lowest BCUT2D eigenvalue weighted by molar-refractivity contribution is 0.0843. The number of halogens is 2. The molecular weight excluding hydrogens is 299 g/mol. The van der Waals surface area contributed by atoms with Gasteiger partial charge < -0.3 is 4.42 Å². The first-order chi connectivity index (χ1) is 9.88. The normalized spacial score (nSPS) is 10.3. The van der Waals surface area contributed by atoms with Crippen LogP contribution in [0.15, 0.2) is 28.7 Å². The zero-order chi connectivity index (χ0) is 15.6. The van der Waals surface area contributed by atoms with Crippen molar-refractivity contribution in [2.24, 2.45) is 0 Å². The molecule has 1 aromatic heterocycles. The standard InChI is InChI=1S/C14H12ClFN2O3/c1-7-5-11(8(2)21-7)14(20)18-17-13(19)10-4-3-9(15)6-12(10)16/h3-6H,1-2H3,(H,17,19)(H,18,20). The van der Waals surface area contributed by atoms with Gasteiger partial charge >= 0.3 is 0 Å². The zero-order valence-corrected chi connectivity index (χ0v) is 12.0. The predicted molar refractivity (Wildman–Crippen MR) is 74.5 cm³/mol. The summed E-state index contributed by atoms with van der Waals surface area (Å²) >= 11 is 5.60. The molecule has 0 aliphatic heterocycles. The van der Waals surface area contributed by atoms with Crippen molar-refractivity contribution in [1.29, 1.82) is 0 Å². The van der Waals surface area contributed by atoms with E-state index in [-0.39, 0.29) is 10.6 Å². The minimum atomic E-state index is -0.782. The van der Waals surface area contributed by atoms with Crippen LogP contribution >= 0.6 is 11.6 Å². The van der Waals surface area contributed by atoms with Gasteiger partial charge in [-0.15, -0.1) is 0 Å². The summed E-state index contributed by atoms with van der Waals surface area (Å²) in [6.45, 7) is 3.33. The van der Waals surface area contributed by atoms with Gasteiger partial charge in [0.2, 0.25) is 0 Å². The van der Waals surface area contributed by atoms with Crippen molar-refractivity contribution in [3.63, 3.8) is 0 Å². The first kappa shape index (κ1) is 15.1. The molecular formula is C14H12ClFN2O3. The Morgan fingerprint density at radius 2 is 1.71 bits per heavy atom. The second-order valence-electron chi connectivity index (χ2n) is 4.36. The Morgan fingerprint density at radius 1 is 1.10 bits per heavy atom. The first-order valence-corrected chi connectivity index (χ1v) is 6.39. The van der Waals surface area contributed by atoms with Gasteiger partial charge in [0.1, 0.15) is 17.3 Å². The molecule has 0 spiro atoms. The predicted octanol–water partition coefficient (Wildman–Crippen LogP) is 2.76. The molecule has 110 valence electrons. The van der Waals surface area contributed by atoms with Gasteiger partial charge in [-0.2, -0.15) is 0 Å². The molecule has 0 bridgehead atoms. The minimum absolute atomic E-state index is 0.178. The maximum atomic E-state index is 13.5. The van der Waals surface area contributed by atoms with Crippen LogP contribution in [-0.2, 0) is 0 Å². The largest absolute Gasteiger partial charge is 0.466 e. The van der Waals surface area contributed by atoms with Gasteiger partial charge in [0.05, 0.1) is 11.1 Å². The molecule has 0 atom stereocenters. The molecule has 2 N–H and O–H groups in total. The number of carbonyl (C=O) groups excluding carboxylic acids is 2. The number of hydrogen-bond donors (Lipinski definition) is 2. The Morgan fingerprint density at radius 3 is 2.24 bits per heavy atom. The van der Waals surface area contributed by atoms with Crippen LogP contribution in [0.3, 0.4) is 0 Å². The minimum Gasteiger partial charge on any atom is -0.466 e. The van der Waals surface area contributed by atoms with E-state index in [1.54, 1.807) is 19.9 Å². The zero-order valence-electron chi connectivity index (χ0n) is 11.3. The fourth-order valence-corrected chi connectivity index (χ4v) is 1.94. The Bertz CT molecular complexity index is 712. The molecule has 0 radical (unpaired) electrons. The van der Waals surface area contributed by atoms with Crippen LogP contribution in [0.5, 0.6) is 0 Å². The third-order valence-corrected chi connectivity index (χ3v) is 2.99. The Balaban J connectivity index is 2.04. The van der Waals surface area contributed by atoms with Gasteiger partial charge in [-0.1, -0.05) is 11.6 Å². The second-order valence-corrected chi connectivity index (χ2v) is 4.80. The van der Waals surface area contributed by atoms with Crippen LogP contribution in [-0.4, -0.2) is 11.8 Å². The van der Waals surface area contributed by atoms with Crippen LogP contribution in [0.4, 0.5) is 4.39 Å². The molecule has 0 saturated carbocycles. The maximum Gasteiger partial charge on any atom is 0.273 e. The fourth-order valence-electron chi connectivity index (χ4n) is 1.78.